The minimum Gasteiger partial charge on any atom is -0.352 e. The molecule has 0 radical (unpaired) electrons. The number of hydrogen-bond acceptors (Lipinski definition) is 4. The van der Waals surface area contributed by atoms with E-state index in [-0.39, 0.29) is 39.2 Å². The van der Waals surface area contributed by atoms with Crippen molar-refractivity contribution in [3.05, 3.63) is 62.1 Å². The number of hydrogen-bond donors (Lipinski definition) is 1. The van der Waals surface area contributed by atoms with Crippen LogP contribution in [-0.2, 0) is 26.2 Å². The molecule has 202 valence electrons. The second-order valence-electron chi connectivity index (χ2n) is 9.16. The Hall–Kier alpha value is -1.71. The third kappa shape index (κ3) is 8.14. The summed E-state index contributed by atoms with van der Waals surface area (Å²) in [6.45, 7) is 1.07. The van der Waals surface area contributed by atoms with Crippen molar-refractivity contribution in [2.75, 3.05) is 17.1 Å². The van der Waals surface area contributed by atoms with Crippen molar-refractivity contribution in [1.29, 1.82) is 0 Å². The first-order valence-electron chi connectivity index (χ1n) is 11.8. The molecule has 0 spiro atoms. The molecule has 1 aliphatic rings. The summed E-state index contributed by atoms with van der Waals surface area (Å²) in [7, 11) is -3.97. The fourth-order valence-corrected chi connectivity index (χ4v) is 6.04. The van der Waals surface area contributed by atoms with Crippen LogP contribution >= 0.6 is 46.4 Å². The highest BCUT2D eigenvalue weighted by Crippen LogP contribution is 2.35. The zero-order valence-electron chi connectivity index (χ0n) is 20.5. The van der Waals surface area contributed by atoms with E-state index in [4.69, 9.17) is 46.4 Å². The first-order chi connectivity index (χ1) is 17.4. The van der Waals surface area contributed by atoms with E-state index >= 15 is 0 Å². The Bertz CT molecular complexity index is 1250. The highest BCUT2D eigenvalue weighted by Gasteiger charge is 2.32. The predicted molar refractivity (Wildman–Crippen MR) is 150 cm³/mol. The molecule has 1 atom stereocenters. The molecule has 7 nitrogen and oxygen atoms in total. The van der Waals surface area contributed by atoms with E-state index in [2.05, 4.69) is 5.32 Å². The summed E-state index contributed by atoms with van der Waals surface area (Å²) in [4.78, 5) is 28.2. The van der Waals surface area contributed by atoms with Gasteiger partial charge in [-0.15, -0.1) is 0 Å². The van der Waals surface area contributed by atoms with E-state index < -0.39 is 28.5 Å². The maximum atomic E-state index is 13.7. The quantitative estimate of drug-likeness (QED) is 0.357. The number of carbonyl (C=O) groups is 2. The van der Waals surface area contributed by atoms with Gasteiger partial charge in [-0.25, -0.2) is 8.42 Å². The van der Waals surface area contributed by atoms with Crippen molar-refractivity contribution in [2.24, 2.45) is 0 Å². The molecule has 1 saturated carbocycles. The molecule has 0 aromatic heterocycles. The van der Waals surface area contributed by atoms with Gasteiger partial charge < -0.3 is 10.2 Å². The van der Waals surface area contributed by atoms with Crippen LogP contribution < -0.4 is 9.62 Å². The Morgan fingerprint density at radius 2 is 1.65 bits per heavy atom. The van der Waals surface area contributed by atoms with Gasteiger partial charge in [0.15, 0.2) is 0 Å². The third-order valence-corrected chi connectivity index (χ3v) is 8.68. The molecule has 2 amide bonds. The number of anilines is 1. The van der Waals surface area contributed by atoms with Crippen LogP contribution in [0.25, 0.3) is 0 Å². The maximum absolute atomic E-state index is 13.7. The van der Waals surface area contributed by atoms with Gasteiger partial charge >= 0.3 is 0 Å². The lowest BCUT2D eigenvalue weighted by atomic mass is 9.95. The van der Waals surface area contributed by atoms with Crippen molar-refractivity contribution in [1.82, 2.24) is 10.2 Å². The fraction of sp³-hybridized carbons (Fsp3) is 0.440. The zero-order chi connectivity index (χ0) is 27.3. The number of benzene rings is 2. The van der Waals surface area contributed by atoms with Crippen molar-refractivity contribution < 1.29 is 18.0 Å². The molecule has 3 rings (SSSR count). The summed E-state index contributed by atoms with van der Waals surface area (Å²) in [5.74, 6) is -0.903. The van der Waals surface area contributed by atoms with Crippen LogP contribution in [0.1, 0.15) is 44.6 Å². The minimum atomic E-state index is -3.97. The van der Waals surface area contributed by atoms with E-state index in [1.165, 1.54) is 17.0 Å². The summed E-state index contributed by atoms with van der Waals surface area (Å²) in [6, 6.07) is 8.70. The molecule has 37 heavy (non-hydrogen) atoms. The molecule has 1 N–H and O–H groups in total. The minimum absolute atomic E-state index is 0.00827. The predicted octanol–water partition coefficient (Wildman–Crippen LogP) is 5.93. The van der Waals surface area contributed by atoms with Gasteiger partial charge in [-0.3, -0.25) is 13.9 Å². The number of nitrogens with one attached hydrogen (secondary N) is 1. The first kappa shape index (κ1) is 29.8. The smallest absolute Gasteiger partial charge is 0.244 e. The number of carbonyl (C=O) groups excluding carboxylic acids is 2. The second-order valence-corrected chi connectivity index (χ2v) is 12.7. The van der Waals surface area contributed by atoms with Gasteiger partial charge in [-0.2, -0.15) is 0 Å². The molecule has 1 fully saturated rings. The lowest BCUT2D eigenvalue weighted by Gasteiger charge is -2.33. The highest BCUT2D eigenvalue weighted by atomic mass is 35.5. The topological polar surface area (TPSA) is 86.8 Å². The number of sulfonamides is 1. The molecule has 1 aliphatic carbocycles. The number of halogens is 4. The first-order valence-corrected chi connectivity index (χ1v) is 15.2. The molecular weight excluding hydrogens is 580 g/mol. The van der Waals surface area contributed by atoms with E-state index in [0.717, 1.165) is 42.7 Å². The summed E-state index contributed by atoms with van der Waals surface area (Å²) in [5.41, 5.74) is 0.700. The Labute approximate surface area is 238 Å². The van der Waals surface area contributed by atoms with Crippen LogP contribution in [0.15, 0.2) is 36.4 Å². The largest absolute Gasteiger partial charge is 0.352 e. The average molecular weight is 609 g/mol. The molecule has 0 bridgehead atoms. The van der Waals surface area contributed by atoms with Crippen molar-refractivity contribution in [3.63, 3.8) is 0 Å². The van der Waals surface area contributed by atoms with Gasteiger partial charge in [0.25, 0.3) is 0 Å². The lowest BCUT2D eigenvalue weighted by molar-refractivity contribution is -0.139. The molecule has 12 heteroatoms. The second kappa shape index (κ2) is 12.9. The van der Waals surface area contributed by atoms with Crippen LogP contribution in [0.5, 0.6) is 0 Å². The SMILES string of the molecule is CC(C(=O)NC1CCCCC1)N(Cc1cccc(Cl)c1)C(=O)CN(c1cc(Cl)c(Cl)cc1Cl)S(C)(=O)=O. The van der Waals surface area contributed by atoms with Crippen LogP contribution in [0.3, 0.4) is 0 Å². The van der Waals surface area contributed by atoms with E-state index in [1.54, 1.807) is 31.2 Å². The van der Waals surface area contributed by atoms with Gasteiger partial charge in [0.2, 0.25) is 21.8 Å². The Morgan fingerprint density at radius 3 is 2.27 bits per heavy atom. The van der Waals surface area contributed by atoms with Crippen LogP contribution in [0, 0.1) is 0 Å². The molecule has 2 aromatic carbocycles. The Kier molecular flexibility index (Phi) is 10.4. The number of amides is 2. The van der Waals surface area contributed by atoms with Gasteiger partial charge in [0, 0.05) is 17.6 Å². The van der Waals surface area contributed by atoms with Gasteiger partial charge in [0.1, 0.15) is 12.6 Å². The van der Waals surface area contributed by atoms with E-state index in [9.17, 15) is 18.0 Å². The van der Waals surface area contributed by atoms with E-state index in [0.29, 0.717) is 10.6 Å². The molecule has 1 unspecified atom stereocenters. The van der Waals surface area contributed by atoms with Crippen LogP contribution in [0.2, 0.25) is 20.1 Å². The summed E-state index contributed by atoms with van der Waals surface area (Å²) >= 11 is 24.5. The molecule has 0 saturated heterocycles. The van der Waals surface area contributed by atoms with Crippen LogP contribution in [0.4, 0.5) is 5.69 Å². The molecule has 0 heterocycles. The fourth-order valence-electron chi connectivity index (χ4n) is 4.28. The van der Waals surface area contributed by atoms with Crippen molar-refractivity contribution in [2.45, 2.75) is 57.7 Å². The summed E-state index contributed by atoms with van der Waals surface area (Å²) in [5, 5.41) is 3.76. The van der Waals surface area contributed by atoms with Crippen molar-refractivity contribution in [3.8, 4) is 0 Å². The Morgan fingerprint density at radius 1 is 1.00 bits per heavy atom. The third-order valence-electron chi connectivity index (χ3n) is 6.30. The average Bonchev–Trinajstić information content (AvgIpc) is 2.83. The van der Waals surface area contributed by atoms with Gasteiger partial charge in [-0.05, 0) is 49.6 Å². The monoisotopic (exact) mass is 607 g/mol. The van der Waals surface area contributed by atoms with Gasteiger partial charge in [0.05, 0.1) is 27.0 Å². The standard InChI is InChI=1S/C25H29Cl4N3O4S/c1-16(25(34)30-19-9-4-3-5-10-19)31(14-17-7-6-8-18(26)11-17)24(33)15-32(37(2,35)36)23-13-21(28)20(27)12-22(23)29/h6-8,11-13,16,19H,3-5,9-10,14-15H2,1-2H3,(H,30,34). The van der Waals surface area contributed by atoms with Gasteiger partial charge in [-0.1, -0.05) is 77.8 Å². The number of rotatable bonds is 9. The lowest BCUT2D eigenvalue weighted by Crippen LogP contribution is -2.53. The normalized spacial score (nSPS) is 15.2. The highest BCUT2D eigenvalue weighted by molar-refractivity contribution is 7.92. The maximum Gasteiger partial charge on any atom is 0.244 e. The van der Waals surface area contributed by atoms with Crippen LogP contribution in [-0.4, -0.2) is 50.0 Å². The molecular formula is C25H29Cl4N3O4S. The summed E-state index contributed by atoms with van der Waals surface area (Å²) in [6.07, 6.45) is 5.95. The number of nitrogens with zero attached hydrogens (tertiary/aromatic N) is 2. The Balaban J connectivity index is 1.92. The molecule has 2 aromatic rings. The van der Waals surface area contributed by atoms with Crippen molar-refractivity contribution >= 4 is 73.9 Å². The molecule has 0 aliphatic heterocycles. The zero-order valence-corrected chi connectivity index (χ0v) is 24.4. The summed E-state index contributed by atoms with van der Waals surface area (Å²) < 4.78 is 26.3. The van der Waals surface area contributed by atoms with E-state index in [1.807, 2.05) is 0 Å².